The second-order valence-electron chi connectivity index (χ2n) is 6.26. The summed E-state index contributed by atoms with van der Waals surface area (Å²) in [5.41, 5.74) is 5.35. The second-order valence-corrected chi connectivity index (χ2v) is 8.00. The molecule has 0 radical (unpaired) electrons. The monoisotopic (exact) mass is 361 g/mol. The zero-order chi connectivity index (χ0) is 19.2. The number of carboxylic acid groups (broad SMARTS) is 2. The maximum atomic E-state index is 12.3. The molecule has 0 saturated carbocycles. The van der Waals surface area contributed by atoms with Crippen molar-refractivity contribution in [3.05, 3.63) is 0 Å². The van der Waals surface area contributed by atoms with Gasteiger partial charge in [-0.1, -0.05) is 0 Å². The fraction of sp³-hybridized carbons (Fsp3) is 0.714. The third-order valence-electron chi connectivity index (χ3n) is 4.02. The number of fused-ring (bicyclic) bond motifs is 1. The van der Waals surface area contributed by atoms with E-state index >= 15 is 0 Å². The summed E-state index contributed by atoms with van der Waals surface area (Å²) in [5.74, 6) is -3.59. The molecule has 2 amide bonds. The summed E-state index contributed by atoms with van der Waals surface area (Å²) >= 11 is 1.16. The third kappa shape index (κ3) is 3.34. The first-order valence-electron chi connectivity index (χ1n) is 7.95. The van der Waals surface area contributed by atoms with Crippen LogP contribution in [0.25, 0.3) is 0 Å². The number of carbonyl (C=O) groups is 4. The molecule has 134 valence electrons. The van der Waals surface area contributed by atoms with E-state index in [2.05, 4.69) is 5.32 Å². The molecule has 0 unspecified atom stereocenters. The first-order valence-corrected chi connectivity index (χ1v) is 8.33. The Morgan fingerprint density at radius 3 is 2.62 bits per heavy atom. The molecule has 24 heavy (non-hydrogen) atoms. The minimum absolute atomic E-state index is 0.0104. The molecule has 2 fully saturated rings. The van der Waals surface area contributed by atoms with Crippen molar-refractivity contribution < 1.29 is 30.8 Å². The lowest BCUT2D eigenvalue weighted by Crippen LogP contribution is -2.70. The predicted octanol–water partition coefficient (Wildman–Crippen LogP) is -0.800. The van der Waals surface area contributed by atoms with Gasteiger partial charge in [-0.25, -0.2) is 4.79 Å². The fourth-order valence-electron chi connectivity index (χ4n) is 2.82. The van der Waals surface area contributed by atoms with E-state index in [-0.39, 0.29) is 19.3 Å². The average Bonchev–Trinajstić information content (AvgIpc) is 2.70. The summed E-state index contributed by atoms with van der Waals surface area (Å²) in [6.07, 6.45) is 0.398. The van der Waals surface area contributed by atoms with Crippen molar-refractivity contribution in [1.29, 1.82) is 0 Å². The van der Waals surface area contributed by atoms with Gasteiger partial charge in [0.25, 0.3) is 0 Å². The van der Waals surface area contributed by atoms with Crippen LogP contribution in [0.3, 0.4) is 0 Å². The number of nitrogens with zero attached hydrogens (tertiary/aromatic N) is 1. The van der Waals surface area contributed by atoms with Crippen LogP contribution in [-0.4, -0.2) is 67.1 Å². The summed E-state index contributed by atoms with van der Waals surface area (Å²) in [4.78, 5) is 47.3. The van der Waals surface area contributed by atoms with Crippen molar-refractivity contribution in [2.24, 2.45) is 5.73 Å². The van der Waals surface area contributed by atoms with Gasteiger partial charge >= 0.3 is 11.9 Å². The van der Waals surface area contributed by atoms with Crippen molar-refractivity contribution in [3.8, 4) is 0 Å². The number of thioether (sulfide) groups is 1. The molecule has 2 rings (SSSR count). The van der Waals surface area contributed by atoms with E-state index in [1.165, 1.54) is 0 Å². The Kier molecular flexibility index (Phi) is 4.68. The van der Waals surface area contributed by atoms with Gasteiger partial charge in [-0.15, -0.1) is 11.8 Å². The minimum Gasteiger partial charge on any atom is -0.480 e. The van der Waals surface area contributed by atoms with E-state index < -0.39 is 52.0 Å². The molecule has 2 aliphatic heterocycles. The highest BCUT2D eigenvalue weighted by atomic mass is 32.2. The highest BCUT2D eigenvalue weighted by Crippen LogP contribution is 2.50. The molecular weight excluding hydrogens is 339 g/mol. The van der Waals surface area contributed by atoms with Crippen LogP contribution in [0, 0.1) is 0 Å². The average molecular weight is 361 g/mol. The molecule has 5 N–H and O–H groups in total. The normalized spacial score (nSPS) is 32.4. The molecule has 2 saturated heterocycles. The molecule has 0 aromatic carbocycles. The summed E-state index contributed by atoms with van der Waals surface area (Å²) in [7, 11) is 0. The van der Waals surface area contributed by atoms with Gasteiger partial charge in [0.15, 0.2) is 0 Å². The van der Waals surface area contributed by atoms with Gasteiger partial charge in [-0.3, -0.25) is 14.4 Å². The van der Waals surface area contributed by atoms with E-state index in [4.69, 9.17) is 12.2 Å². The molecule has 9 nitrogen and oxygen atoms in total. The Morgan fingerprint density at radius 1 is 1.46 bits per heavy atom. The van der Waals surface area contributed by atoms with Crippen molar-refractivity contribution in [1.82, 2.24) is 10.2 Å². The summed E-state index contributed by atoms with van der Waals surface area (Å²) in [5, 5.41) is 20.0. The first-order chi connectivity index (χ1) is 11.4. The molecule has 0 bridgehead atoms. The van der Waals surface area contributed by atoms with Crippen LogP contribution in [0.1, 0.15) is 34.5 Å². The number of carbonyl (C=O) groups excluding carboxylic acids is 2. The predicted molar refractivity (Wildman–Crippen MR) is 85.1 cm³/mol. The molecule has 0 aromatic rings. The second kappa shape index (κ2) is 6.60. The lowest BCUT2D eigenvalue weighted by atomic mass is 10.0. The van der Waals surface area contributed by atoms with E-state index in [9.17, 15) is 24.3 Å². The maximum absolute atomic E-state index is 12.3. The number of amides is 2. The van der Waals surface area contributed by atoms with Crippen molar-refractivity contribution in [2.75, 3.05) is 0 Å². The van der Waals surface area contributed by atoms with Crippen LogP contribution >= 0.6 is 11.8 Å². The quantitative estimate of drug-likeness (QED) is 0.340. The largest absolute Gasteiger partial charge is 0.480 e. The number of carboxylic acids is 2. The topological polar surface area (TPSA) is 150 Å². The van der Waals surface area contributed by atoms with Crippen LogP contribution in [0.15, 0.2) is 0 Å². The molecule has 4 atom stereocenters. The maximum Gasteiger partial charge on any atom is 0.327 e. The van der Waals surface area contributed by atoms with Crippen LogP contribution in [0.5, 0.6) is 0 Å². The molecular formula is C14H21N3O6S. The van der Waals surface area contributed by atoms with Gasteiger partial charge in [-0.2, -0.15) is 0 Å². The van der Waals surface area contributed by atoms with Crippen molar-refractivity contribution >= 4 is 35.5 Å². The van der Waals surface area contributed by atoms with Gasteiger partial charge in [0, 0.05) is 11.2 Å². The molecule has 0 spiro atoms. The summed E-state index contributed by atoms with van der Waals surface area (Å²) < 4.78 is 7.19. The number of β-lactam (4-membered cyclic amide) rings is 1. The Balaban J connectivity index is 1.94. The smallest absolute Gasteiger partial charge is 0.327 e. The Morgan fingerprint density at radius 2 is 2.08 bits per heavy atom. The zero-order valence-electron chi connectivity index (χ0n) is 14.3. The Bertz CT molecular complexity index is 630. The lowest BCUT2D eigenvalue weighted by Gasteiger charge is -2.43. The van der Waals surface area contributed by atoms with E-state index in [1.807, 2.05) is 0 Å². The number of hydrogen-bond donors (Lipinski definition) is 4. The highest BCUT2D eigenvalue weighted by Gasteiger charge is 2.64. The molecule has 10 heteroatoms. The number of hydrogen-bond acceptors (Lipinski definition) is 6. The molecule has 0 aromatic heterocycles. The van der Waals surface area contributed by atoms with Crippen LogP contribution in [-0.2, 0) is 19.2 Å². The summed E-state index contributed by atoms with van der Waals surface area (Å²) in [6, 6.07) is -4.01. The van der Waals surface area contributed by atoms with E-state index in [0.29, 0.717) is 0 Å². The van der Waals surface area contributed by atoms with Gasteiger partial charge < -0.3 is 26.2 Å². The number of rotatable bonds is 7. The Labute approximate surface area is 144 Å². The minimum atomic E-state index is -2.09. The van der Waals surface area contributed by atoms with Crippen molar-refractivity contribution in [3.63, 3.8) is 0 Å². The lowest BCUT2D eigenvalue weighted by molar-refractivity contribution is -0.161. The SMILES string of the molecule is [2H][C@@]1(C(=O)O)N2C(=O)[C@@H](NC(=O)CCC[C@@H](N)C(=O)O)[C@H]2S[13C]1(C)C. The fourth-order valence-corrected chi connectivity index (χ4v) is 4.35. The molecule has 0 aliphatic carbocycles. The van der Waals surface area contributed by atoms with Crippen LogP contribution < -0.4 is 11.1 Å². The van der Waals surface area contributed by atoms with Gasteiger partial charge in [0.2, 0.25) is 11.8 Å². The standard InChI is InChI=1S/C14H21N3O6S/c1-14(2)9(13(22)23)17-10(19)8(11(17)24-14)16-7(18)5-3-4-6(15)12(20)21/h6,8-9,11H,3-5,15H2,1-2H3,(H,16,18)(H,20,21)(H,22,23)/t6-,8-,9+,11-/m1/s1/i9D,14+1. The first kappa shape index (κ1) is 17.0. The van der Waals surface area contributed by atoms with E-state index in [0.717, 1.165) is 16.7 Å². The van der Waals surface area contributed by atoms with E-state index in [1.54, 1.807) is 13.8 Å². The number of nitrogens with one attached hydrogen (secondary N) is 1. The number of aliphatic carboxylic acids is 2. The highest BCUT2D eigenvalue weighted by molar-refractivity contribution is 8.01. The third-order valence-corrected chi connectivity index (χ3v) is 5.53. The van der Waals surface area contributed by atoms with Crippen molar-refractivity contribution in [2.45, 2.75) is 61.3 Å². The van der Waals surface area contributed by atoms with Gasteiger partial charge in [0.1, 0.15) is 23.5 Å². The zero-order valence-corrected chi connectivity index (χ0v) is 14.1. The van der Waals surface area contributed by atoms with Gasteiger partial charge in [0.05, 0.1) is 1.37 Å². The Hall–Kier alpha value is -1.81. The van der Waals surface area contributed by atoms with Gasteiger partial charge in [-0.05, 0) is 26.7 Å². The van der Waals surface area contributed by atoms with Crippen LogP contribution in [0.4, 0.5) is 0 Å². The summed E-state index contributed by atoms with van der Waals surface area (Å²) in [6.45, 7) is 3.16. The number of nitrogens with two attached hydrogens (primary N) is 1. The molecule has 2 heterocycles. The molecule has 2 aliphatic rings. The van der Waals surface area contributed by atoms with Crippen LogP contribution in [0.2, 0.25) is 0 Å².